The minimum atomic E-state index is -0.590. The normalized spacial score (nSPS) is 19.1. The first-order valence-corrected chi connectivity index (χ1v) is 11.5. The van der Waals surface area contributed by atoms with Gasteiger partial charge in [-0.05, 0) is 37.2 Å². The first-order valence-electron chi connectivity index (χ1n) is 11.5. The van der Waals surface area contributed by atoms with Crippen LogP contribution in [0.2, 0.25) is 0 Å². The maximum Gasteiger partial charge on any atom is 0.255 e. The van der Waals surface area contributed by atoms with Gasteiger partial charge in [0.05, 0.1) is 11.7 Å². The van der Waals surface area contributed by atoms with Gasteiger partial charge in [0.2, 0.25) is 0 Å². The summed E-state index contributed by atoms with van der Waals surface area (Å²) >= 11 is 0. The first kappa shape index (κ1) is 25.8. The minimum Gasteiger partial charge on any atom is -0.454 e. The van der Waals surface area contributed by atoms with E-state index in [2.05, 4.69) is 26.1 Å². The van der Waals surface area contributed by atoms with E-state index < -0.39 is 6.10 Å². The number of hydrogen-bond donors (Lipinski definition) is 2. The summed E-state index contributed by atoms with van der Waals surface area (Å²) in [5.74, 6) is 0.795. The molecule has 1 fully saturated rings. The molecule has 1 saturated carbocycles. The number of ketones is 1. The van der Waals surface area contributed by atoms with Gasteiger partial charge >= 0.3 is 0 Å². The lowest BCUT2D eigenvalue weighted by Crippen LogP contribution is -2.38. The number of benzene rings is 1. The number of hydrogen-bond acceptors (Lipinski definition) is 5. The van der Waals surface area contributed by atoms with Crippen LogP contribution in [0, 0.1) is 5.92 Å². The Balaban J connectivity index is 0.000000654. The number of nitrogens with one attached hydrogen (secondary N) is 1. The largest absolute Gasteiger partial charge is 0.454 e. The van der Waals surface area contributed by atoms with E-state index in [9.17, 15) is 14.7 Å². The maximum atomic E-state index is 12.9. The van der Waals surface area contributed by atoms with Gasteiger partial charge in [0.25, 0.3) is 5.91 Å². The second-order valence-electron chi connectivity index (χ2n) is 8.75. The number of ether oxygens (including phenoxy) is 1. The molecule has 0 radical (unpaired) electrons. The molecule has 1 aliphatic rings. The summed E-state index contributed by atoms with van der Waals surface area (Å²) < 4.78 is 11.3. The predicted molar refractivity (Wildman–Crippen MR) is 125 cm³/mol. The molecule has 1 amide bonds. The molecule has 1 aromatic carbocycles. The highest BCUT2D eigenvalue weighted by Crippen LogP contribution is 2.31. The van der Waals surface area contributed by atoms with Gasteiger partial charge in [-0.25, -0.2) is 0 Å². The molecule has 3 rings (SSSR count). The Morgan fingerprint density at radius 1 is 1.16 bits per heavy atom. The minimum absolute atomic E-state index is 0.00199. The van der Waals surface area contributed by atoms with Crippen molar-refractivity contribution >= 4 is 11.7 Å². The maximum absolute atomic E-state index is 12.9. The zero-order valence-electron chi connectivity index (χ0n) is 19.9. The van der Waals surface area contributed by atoms with Gasteiger partial charge in [-0.3, -0.25) is 9.59 Å². The smallest absolute Gasteiger partial charge is 0.255 e. The van der Waals surface area contributed by atoms with Crippen molar-refractivity contribution in [3.63, 3.8) is 0 Å². The Morgan fingerprint density at radius 2 is 1.75 bits per heavy atom. The van der Waals surface area contributed by atoms with Crippen LogP contribution in [0.1, 0.15) is 98.1 Å². The van der Waals surface area contributed by atoms with Gasteiger partial charge in [0, 0.05) is 26.1 Å². The van der Waals surface area contributed by atoms with Crippen LogP contribution < -0.4 is 5.32 Å². The van der Waals surface area contributed by atoms with E-state index in [0.717, 1.165) is 24.3 Å². The van der Waals surface area contributed by atoms with E-state index in [1.54, 1.807) is 0 Å². The summed E-state index contributed by atoms with van der Waals surface area (Å²) in [5.41, 5.74) is 1.14. The van der Waals surface area contributed by atoms with Crippen molar-refractivity contribution in [2.24, 2.45) is 5.92 Å². The summed E-state index contributed by atoms with van der Waals surface area (Å²) in [6, 6.07) is 10.9. The van der Waals surface area contributed by atoms with Crippen molar-refractivity contribution in [1.29, 1.82) is 0 Å². The molecule has 0 saturated heterocycles. The van der Waals surface area contributed by atoms with Gasteiger partial charge in [-0.2, -0.15) is 0 Å². The molecule has 6 heteroatoms. The van der Waals surface area contributed by atoms with E-state index in [4.69, 9.17) is 9.15 Å². The lowest BCUT2D eigenvalue weighted by atomic mass is 9.93. The van der Waals surface area contributed by atoms with Crippen LogP contribution in [0.25, 0.3) is 0 Å². The monoisotopic (exact) mass is 443 g/mol. The third-order valence-corrected chi connectivity index (χ3v) is 5.78. The molecular weight excluding hydrogens is 406 g/mol. The molecule has 0 bridgehead atoms. The molecule has 1 unspecified atom stereocenters. The SMILES string of the molecule is CCC(C)C.COC(c1ccccc1)c1oc(C(C)=O)cc1C(=O)NC1CCC(O)CC1. The Labute approximate surface area is 191 Å². The molecule has 32 heavy (non-hydrogen) atoms. The van der Waals surface area contributed by atoms with Crippen LogP contribution in [-0.4, -0.2) is 36.1 Å². The summed E-state index contributed by atoms with van der Waals surface area (Å²) in [6.07, 6.45) is 3.23. The summed E-state index contributed by atoms with van der Waals surface area (Å²) in [6.45, 7) is 8.04. The van der Waals surface area contributed by atoms with Crippen LogP contribution >= 0.6 is 0 Å². The molecule has 1 aliphatic carbocycles. The highest BCUT2D eigenvalue weighted by molar-refractivity contribution is 5.99. The fourth-order valence-corrected chi connectivity index (χ4v) is 3.46. The van der Waals surface area contributed by atoms with Crippen molar-refractivity contribution in [3.05, 3.63) is 59.0 Å². The predicted octanol–water partition coefficient (Wildman–Crippen LogP) is 5.30. The number of rotatable bonds is 7. The molecule has 2 N–H and O–H groups in total. The zero-order valence-corrected chi connectivity index (χ0v) is 19.9. The standard InChI is InChI=1S/C21H25NO5.C5H12/c1-13(23)18-12-17(21(25)22-15-8-10-16(24)11-9-15)20(27-18)19(26-2)14-6-4-3-5-7-14;1-4-5(2)3/h3-7,12,15-16,19,24H,8-11H2,1-2H3,(H,22,25);5H,4H2,1-3H3. The summed E-state index contributed by atoms with van der Waals surface area (Å²) in [5, 5.41) is 12.6. The van der Waals surface area contributed by atoms with Crippen molar-refractivity contribution in [1.82, 2.24) is 5.32 Å². The Bertz CT molecular complexity index is 850. The number of aliphatic hydroxyl groups excluding tert-OH is 1. The van der Waals surface area contributed by atoms with Crippen molar-refractivity contribution < 1.29 is 23.8 Å². The van der Waals surface area contributed by atoms with Gasteiger partial charge < -0.3 is 19.6 Å². The van der Waals surface area contributed by atoms with Crippen LogP contribution in [0.3, 0.4) is 0 Å². The molecule has 2 aromatic rings. The lowest BCUT2D eigenvalue weighted by molar-refractivity contribution is 0.0843. The van der Waals surface area contributed by atoms with Crippen molar-refractivity contribution in [3.8, 4) is 0 Å². The quantitative estimate of drug-likeness (QED) is 0.567. The molecule has 0 aliphatic heterocycles. The van der Waals surface area contributed by atoms with Gasteiger partial charge in [-0.15, -0.1) is 0 Å². The molecule has 6 nitrogen and oxygen atoms in total. The average molecular weight is 444 g/mol. The molecule has 1 heterocycles. The van der Waals surface area contributed by atoms with Crippen molar-refractivity contribution in [2.45, 2.75) is 78.0 Å². The topological polar surface area (TPSA) is 88.8 Å². The van der Waals surface area contributed by atoms with E-state index in [0.29, 0.717) is 24.2 Å². The molecule has 1 aromatic heterocycles. The second kappa shape index (κ2) is 12.6. The van der Waals surface area contributed by atoms with E-state index >= 15 is 0 Å². The second-order valence-corrected chi connectivity index (χ2v) is 8.75. The summed E-state index contributed by atoms with van der Waals surface area (Å²) in [7, 11) is 1.54. The van der Waals surface area contributed by atoms with E-state index in [-0.39, 0.29) is 29.6 Å². The molecule has 176 valence electrons. The van der Waals surface area contributed by atoms with Crippen LogP contribution in [0.4, 0.5) is 0 Å². The number of methoxy groups -OCH3 is 1. The van der Waals surface area contributed by atoms with E-state index in [1.165, 1.54) is 26.5 Å². The lowest BCUT2D eigenvalue weighted by Gasteiger charge is -2.26. The number of furan rings is 1. The number of Topliss-reactive ketones (excluding diaryl/α,β-unsaturated/α-hetero) is 1. The number of amides is 1. The fourth-order valence-electron chi connectivity index (χ4n) is 3.46. The highest BCUT2D eigenvalue weighted by Gasteiger charge is 2.29. The summed E-state index contributed by atoms with van der Waals surface area (Å²) in [4.78, 5) is 24.7. The van der Waals surface area contributed by atoms with Gasteiger partial charge in [0.15, 0.2) is 17.3 Å². The average Bonchev–Trinajstić information content (AvgIpc) is 3.23. The van der Waals surface area contributed by atoms with Crippen LogP contribution in [0.5, 0.6) is 0 Å². The Kier molecular flexibility index (Phi) is 10.1. The fraction of sp³-hybridized carbons (Fsp3) is 0.538. The van der Waals surface area contributed by atoms with E-state index in [1.807, 2.05) is 30.3 Å². The number of carbonyl (C=O) groups is 2. The van der Waals surface area contributed by atoms with Crippen molar-refractivity contribution in [2.75, 3.05) is 7.11 Å². The van der Waals surface area contributed by atoms with Crippen LogP contribution in [-0.2, 0) is 4.74 Å². The third kappa shape index (κ3) is 7.31. The third-order valence-electron chi connectivity index (χ3n) is 5.78. The van der Waals surface area contributed by atoms with Gasteiger partial charge in [-0.1, -0.05) is 57.5 Å². The molecular formula is C26H37NO5. The highest BCUT2D eigenvalue weighted by atomic mass is 16.5. The van der Waals surface area contributed by atoms with Gasteiger partial charge in [0.1, 0.15) is 6.10 Å². The first-order chi connectivity index (χ1) is 15.3. The Hall–Kier alpha value is -2.44. The van der Waals surface area contributed by atoms with Crippen LogP contribution in [0.15, 0.2) is 40.8 Å². The molecule has 0 spiro atoms. The number of aliphatic hydroxyl groups is 1. The number of carbonyl (C=O) groups excluding carboxylic acids is 2. The zero-order chi connectivity index (χ0) is 23.7. The Morgan fingerprint density at radius 3 is 2.25 bits per heavy atom. The molecule has 1 atom stereocenters.